The molecule has 0 radical (unpaired) electrons. The fourth-order valence-electron chi connectivity index (χ4n) is 6.52. The van der Waals surface area contributed by atoms with Gasteiger partial charge in [0.1, 0.15) is 11.2 Å². The molecule has 0 spiro atoms. The fraction of sp³-hybridized carbons (Fsp3) is 0. The molecule has 0 aliphatic rings. The number of fused-ring (bicyclic) bond motifs is 5. The van der Waals surface area contributed by atoms with Gasteiger partial charge in [0.25, 0.3) is 0 Å². The number of benzene rings is 8. The molecule has 1 heteroatoms. The number of rotatable bonds is 4. The lowest BCUT2D eigenvalue weighted by Crippen LogP contribution is -1.92. The topological polar surface area (TPSA) is 13.1 Å². The summed E-state index contributed by atoms with van der Waals surface area (Å²) in [5.41, 5.74) is 5.97. The van der Waals surface area contributed by atoms with Crippen LogP contribution in [-0.4, -0.2) is 0 Å². The third kappa shape index (κ3) is 4.17. The lowest BCUT2D eigenvalue weighted by atomic mass is 9.83. The third-order valence-corrected chi connectivity index (χ3v) is 8.44. The molecule has 0 fully saturated rings. The van der Waals surface area contributed by atoms with Crippen LogP contribution in [0.4, 0.5) is 0 Å². The van der Waals surface area contributed by atoms with E-state index in [9.17, 15) is 0 Å². The molecule has 0 amide bonds. The van der Waals surface area contributed by atoms with Gasteiger partial charge < -0.3 is 4.42 Å². The van der Waals surface area contributed by atoms with Gasteiger partial charge in [0.05, 0.1) is 13.7 Å². The smallest absolute Gasteiger partial charge is 0.135 e. The van der Waals surface area contributed by atoms with Gasteiger partial charge in [-0.2, -0.15) is 0 Å². The molecule has 0 aliphatic carbocycles. The Balaban J connectivity index is 1.31. The normalized spacial score (nSPS) is 14.7. The summed E-state index contributed by atoms with van der Waals surface area (Å²) in [7, 11) is 0. The predicted octanol–water partition coefficient (Wildman–Crippen LogP) is 12.6. The highest BCUT2D eigenvalue weighted by atomic mass is 16.3. The molecule has 8 aromatic carbocycles. The Kier molecular flexibility index (Phi) is 4.01. The van der Waals surface area contributed by atoms with E-state index < -0.39 is 36.3 Å². The Morgan fingerprint density at radius 3 is 1.42 bits per heavy atom. The zero-order valence-corrected chi connectivity index (χ0v) is 23.8. The van der Waals surface area contributed by atoms with Gasteiger partial charge in [0.2, 0.25) is 0 Å². The standard InChI is InChI=1S/C44H28O/c1-3-13-29(14-4-1)31-23-25-41-39(27-31)40-28-32(24-26-42(40)45-41)43-35-19-9-11-21-37(35)44(38-22-12-10-20-36(38)43)34-18-8-7-17-33(34)30-15-5-2-6-16-30/h1-28H/i1D,2D,3D,4D,5D,6D,13D,14D,15D,16D. The summed E-state index contributed by atoms with van der Waals surface area (Å²) in [5, 5.41) is 5.25. The van der Waals surface area contributed by atoms with Crippen molar-refractivity contribution >= 4 is 43.5 Å². The Morgan fingerprint density at radius 1 is 0.356 bits per heavy atom. The number of furan rings is 1. The highest BCUT2D eigenvalue weighted by molar-refractivity contribution is 6.23. The van der Waals surface area contributed by atoms with Gasteiger partial charge in [-0.3, -0.25) is 0 Å². The lowest BCUT2D eigenvalue weighted by Gasteiger charge is -2.19. The molecule has 0 bridgehead atoms. The van der Waals surface area contributed by atoms with E-state index in [-0.39, 0.29) is 35.3 Å². The minimum atomic E-state index is -0.443. The summed E-state index contributed by atoms with van der Waals surface area (Å²) in [6.45, 7) is 0. The van der Waals surface area contributed by atoms with Gasteiger partial charge in [-0.05, 0) is 90.3 Å². The van der Waals surface area contributed by atoms with Crippen LogP contribution in [0.1, 0.15) is 13.7 Å². The van der Waals surface area contributed by atoms with Crippen LogP contribution < -0.4 is 0 Å². The highest BCUT2D eigenvalue weighted by Crippen LogP contribution is 2.46. The Bertz CT molecular complexity index is 3000. The zero-order chi connectivity index (χ0) is 38.4. The van der Waals surface area contributed by atoms with Gasteiger partial charge >= 0.3 is 0 Å². The van der Waals surface area contributed by atoms with Crippen molar-refractivity contribution in [2.75, 3.05) is 0 Å². The zero-order valence-electron chi connectivity index (χ0n) is 33.8. The first-order chi connectivity index (χ1) is 26.5. The lowest BCUT2D eigenvalue weighted by molar-refractivity contribution is 0.669. The van der Waals surface area contributed by atoms with Crippen molar-refractivity contribution < 1.29 is 18.1 Å². The first kappa shape index (κ1) is 17.4. The molecule has 9 aromatic rings. The second-order valence-electron chi connectivity index (χ2n) is 10.9. The molecule has 0 N–H and O–H groups in total. The monoisotopic (exact) mass is 582 g/mol. The highest BCUT2D eigenvalue weighted by Gasteiger charge is 2.19. The molecule has 0 saturated heterocycles. The molecule has 0 atom stereocenters. The van der Waals surface area contributed by atoms with Gasteiger partial charge in [-0.15, -0.1) is 0 Å². The van der Waals surface area contributed by atoms with Crippen molar-refractivity contribution in [1.29, 1.82) is 0 Å². The van der Waals surface area contributed by atoms with E-state index >= 15 is 0 Å². The Labute approximate surface area is 275 Å². The molecular weight excluding hydrogens is 544 g/mol. The van der Waals surface area contributed by atoms with E-state index in [1.807, 2.05) is 72.8 Å². The summed E-state index contributed by atoms with van der Waals surface area (Å²) < 4.78 is 90.4. The second-order valence-corrected chi connectivity index (χ2v) is 10.9. The van der Waals surface area contributed by atoms with Gasteiger partial charge in [-0.1, -0.05) is 145 Å². The molecule has 45 heavy (non-hydrogen) atoms. The third-order valence-electron chi connectivity index (χ3n) is 8.44. The number of hydrogen-bond donors (Lipinski definition) is 0. The van der Waals surface area contributed by atoms with E-state index in [4.69, 9.17) is 18.1 Å². The van der Waals surface area contributed by atoms with Gasteiger partial charge in [-0.25, -0.2) is 0 Å². The molecule has 210 valence electrons. The molecule has 0 aliphatic heterocycles. The van der Waals surface area contributed by atoms with E-state index in [2.05, 4.69) is 18.2 Å². The molecule has 1 aromatic heterocycles. The molecule has 0 saturated carbocycles. The van der Waals surface area contributed by atoms with E-state index in [1.54, 1.807) is 18.2 Å². The minimum Gasteiger partial charge on any atom is -0.456 e. The van der Waals surface area contributed by atoms with Crippen LogP contribution in [0.15, 0.2) is 174 Å². The predicted molar refractivity (Wildman–Crippen MR) is 190 cm³/mol. The Hall–Kier alpha value is -5.92. The maximum absolute atomic E-state index is 8.80. The van der Waals surface area contributed by atoms with Crippen LogP contribution in [0.25, 0.3) is 88.0 Å². The summed E-state index contributed by atoms with van der Waals surface area (Å²) in [6.07, 6.45) is 0. The summed E-state index contributed by atoms with van der Waals surface area (Å²) in [4.78, 5) is 0. The van der Waals surface area contributed by atoms with Crippen LogP contribution >= 0.6 is 0 Å². The first-order valence-electron chi connectivity index (χ1n) is 19.6. The molecular formula is C44H28O. The van der Waals surface area contributed by atoms with Crippen molar-refractivity contribution in [3.63, 3.8) is 0 Å². The molecule has 9 rings (SSSR count). The quantitative estimate of drug-likeness (QED) is 0.188. The van der Waals surface area contributed by atoms with Crippen LogP contribution in [0.3, 0.4) is 0 Å². The number of hydrogen-bond acceptors (Lipinski definition) is 1. The van der Waals surface area contributed by atoms with Crippen LogP contribution in [0.2, 0.25) is 0 Å². The average molecular weight is 583 g/mol. The van der Waals surface area contributed by atoms with Crippen molar-refractivity contribution in [2.45, 2.75) is 0 Å². The average Bonchev–Trinajstić information content (AvgIpc) is 3.57. The maximum atomic E-state index is 8.80. The van der Waals surface area contributed by atoms with E-state index in [0.29, 0.717) is 22.3 Å². The van der Waals surface area contributed by atoms with Crippen LogP contribution in [0, 0.1) is 0 Å². The molecule has 1 nitrogen and oxygen atoms in total. The summed E-state index contributed by atoms with van der Waals surface area (Å²) >= 11 is 0. The largest absolute Gasteiger partial charge is 0.456 e. The summed E-state index contributed by atoms with van der Waals surface area (Å²) in [6, 6.07) is 31.2. The van der Waals surface area contributed by atoms with Gasteiger partial charge in [0.15, 0.2) is 0 Å². The van der Waals surface area contributed by atoms with E-state index in [1.165, 1.54) is 0 Å². The van der Waals surface area contributed by atoms with Crippen molar-refractivity contribution in [3.05, 3.63) is 170 Å². The maximum Gasteiger partial charge on any atom is 0.135 e. The van der Waals surface area contributed by atoms with Crippen molar-refractivity contribution in [3.8, 4) is 44.5 Å². The minimum absolute atomic E-state index is 0.120. The SMILES string of the molecule is [2H]c1c([2H])c([2H])c(-c2ccc3oc4ccc(-c5c6ccccc6c(-c6ccccc6-c6c([2H])c([2H])c([2H])c([2H])c6[2H])c6ccccc56)cc4c3c2)c([2H])c1[2H]. The molecule has 0 unspecified atom stereocenters. The first-order valence-corrected chi connectivity index (χ1v) is 14.6. The van der Waals surface area contributed by atoms with Crippen LogP contribution in [0.5, 0.6) is 0 Å². The second kappa shape index (κ2) is 10.4. The molecule has 1 heterocycles. The van der Waals surface area contributed by atoms with Crippen molar-refractivity contribution in [2.24, 2.45) is 0 Å². The Morgan fingerprint density at radius 2 is 0.822 bits per heavy atom. The summed E-state index contributed by atoms with van der Waals surface area (Å²) in [5.74, 6) is 0. The fourth-order valence-corrected chi connectivity index (χ4v) is 6.52. The van der Waals surface area contributed by atoms with Gasteiger partial charge in [0, 0.05) is 10.8 Å². The van der Waals surface area contributed by atoms with E-state index in [0.717, 1.165) is 54.6 Å². The van der Waals surface area contributed by atoms with Crippen LogP contribution in [-0.2, 0) is 0 Å². The van der Waals surface area contributed by atoms with Crippen molar-refractivity contribution in [1.82, 2.24) is 0 Å².